The maximum Gasteiger partial charge on any atom is 0.0601 e. The number of hydrogen-bond acceptors (Lipinski definition) is 2. The number of aliphatic hydroxyl groups excluding tert-OH is 2. The van der Waals surface area contributed by atoms with Crippen molar-refractivity contribution in [1.29, 1.82) is 0 Å². The summed E-state index contributed by atoms with van der Waals surface area (Å²) in [6, 6.07) is 0. The summed E-state index contributed by atoms with van der Waals surface area (Å²) in [4.78, 5) is 0. The smallest absolute Gasteiger partial charge is 0.0601 e. The van der Waals surface area contributed by atoms with Gasteiger partial charge in [-0.25, -0.2) is 0 Å². The van der Waals surface area contributed by atoms with E-state index in [1.807, 2.05) is 0 Å². The van der Waals surface area contributed by atoms with Crippen LogP contribution in [0.2, 0.25) is 0 Å². The van der Waals surface area contributed by atoms with Crippen LogP contribution in [0.3, 0.4) is 0 Å². The highest BCUT2D eigenvalue weighted by Gasteiger charge is 2.54. The molecule has 3 aliphatic carbocycles. The molecule has 6 atom stereocenters. The Morgan fingerprint density at radius 1 is 0.833 bits per heavy atom. The maximum absolute atomic E-state index is 9.70. The molecular weight excluding hydrogens is 152 g/mol. The molecule has 2 heteroatoms. The van der Waals surface area contributed by atoms with Gasteiger partial charge in [-0.15, -0.1) is 0 Å². The predicted molar refractivity (Wildman–Crippen MR) is 44.3 cm³/mol. The van der Waals surface area contributed by atoms with E-state index in [0.29, 0.717) is 17.8 Å². The highest BCUT2D eigenvalue weighted by atomic mass is 16.3. The summed E-state index contributed by atoms with van der Waals surface area (Å²) in [5.41, 5.74) is 0. The van der Waals surface area contributed by atoms with Crippen molar-refractivity contribution in [2.75, 3.05) is 0 Å². The number of hydrogen-bond donors (Lipinski definition) is 2. The summed E-state index contributed by atoms with van der Waals surface area (Å²) in [7, 11) is 0. The molecule has 66 valence electrons. The highest BCUT2D eigenvalue weighted by Crippen LogP contribution is 2.55. The molecule has 0 aromatic rings. The largest absolute Gasteiger partial charge is 0.393 e. The maximum atomic E-state index is 9.70. The second-order valence-electron chi connectivity index (χ2n) is 4.47. The van der Waals surface area contributed by atoms with E-state index in [-0.39, 0.29) is 18.1 Å². The van der Waals surface area contributed by atoms with E-state index in [1.54, 1.807) is 0 Å². The average molecular weight is 166 g/mol. The Hall–Kier alpha value is -0.340. The Morgan fingerprint density at radius 2 is 1.33 bits per heavy atom. The van der Waals surface area contributed by atoms with E-state index in [9.17, 15) is 10.2 Å². The molecule has 3 aliphatic rings. The summed E-state index contributed by atoms with van der Waals surface area (Å²) >= 11 is 0. The first-order chi connectivity index (χ1) is 5.77. The molecule has 2 saturated carbocycles. The van der Waals surface area contributed by atoms with Gasteiger partial charge < -0.3 is 10.2 Å². The van der Waals surface area contributed by atoms with Crippen molar-refractivity contribution >= 4 is 0 Å². The van der Waals surface area contributed by atoms with Crippen molar-refractivity contribution in [3.63, 3.8) is 0 Å². The number of aliphatic hydroxyl groups is 2. The first-order valence-corrected chi connectivity index (χ1v) is 4.82. The van der Waals surface area contributed by atoms with E-state index in [1.165, 1.54) is 0 Å². The lowest BCUT2D eigenvalue weighted by molar-refractivity contribution is 0.0401. The number of rotatable bonds is 0. The van der Waals surface area contributed by atoms with Gasteiger partial charge in [0.05, 0.1) is 12.2 Å². The zero-order valence-corrected chi connectivity index (χ0v) is 6.93. The fourth-order valence-electron chi connectivity index (χ4n) is 3.54. The molecule has 0 heterocycles. The van der Waals surface area contributed by atoms with Gasteiger partial charge in [0.25, 0.3) is 0 Å². The van der Waals surface area contributed by atoms with Crippen LogP contribution >= 0.6 is 0 Å². The molecule has 2 unspecified atom stereocenters. The van der Waals surface area contributed by atoms with E-state index < -0.39 is 0 Å². The zero-order valence-electron chi connectivity index (χ0n) is 6.93. The third-order valence-electron chi connectivity index (χ3n) is 3.95. The average Bonchev–Trinajstić information content (AvgIpc) is 2.57. The van der Waals surface area contributed by atoms with Crippen LogP contribution in [0.15, 0.2) is 12.2 Å². The predicted octanol–water partition coefficient (Wildman–Crippen LogP) is 0.550. The Morgan fingerprint density at radius 3 is 1.83 bits per heavy atom. The minimum Gasteiger partial charge on any atom is -0.393 e. The first-order valence-electron chi connectivity index (χ1n) is 4.82. The lowest BCUT2D eigenvalue weighted by Crippen LogP contribution is -2.25. The normalized spacial score (nSPS) is 61.2. The van der Waals surface area contributed by atoms with E-state index in [2.05, 4.69) is 12.2 Å². The summed E-state index contributed by atoms with van der Waals surface area (Å²) in [5.74, 6) is 1.87. The van der Waals surface area contributed by atoms with Crippen molar-refractivity contribution in [3.8, 4) is 0 Å². The molecule has 0 amide bonds. The second-order valence-corrected chi connectivity index (χ2v) is 4.47. The Bertz CT molecular complexity index is 214. The van der Waals surface area contributed by atoms with Crippen molar-refractivity contribution in [2.45, 2.75) is 25.0 Å². The van der Waals surface area contributed by atoms with Crippen LogP contribution in [0.25, 0.3) is 0 Å². The van der Waals surface area contributed by atoms with E-state index >= 15 is 0 Å². The third-order valence-corrected chi connectivity index (χ3v) is 3.95. The van der Waals surface area contributed by atoms with Crippen LogP contribution in [0.5, 0.6) is 0 Å². The van der Waals surface area contributed by atoms with Gasteiger partial charge in [0.1, 0.15) is 0 Å². The van der Waals surface area contributed by atoms with Crippen molar-refractivity contribution in [1.82, 2.24) is 0 Å². The molecule has 0 aromatic heterocycles. The Balaban J connectivity index is 1.99. The van der Waals surface area contributed by atoms with E-state index in [0.717, 1.165) is 12.8 Å². The van der Waals surface area contributed by atoms with Gasteiger partial charge in [0.15, 0.2) is 0 Å². The van der Waals surface area contributed by atoms with Crippen LogP contribution in [-0.4, -0.2) is 22.4 Å². The molecule has 12 heavy (non-hydrogen) atoms. The standard InChI is InChI=1S/C10H14O2/c11-7-3-5-1-2-6-4-8(12)10(7)9(5)6/h1-2,5-12H,3-4H2/t5-,6+,7+,8-,9?,10?. The van der Waals surface area contributed by atoms with Crippen LogP contribution in [0.1, 0.15) is 12.8 Å². The summed E-state index contributed by atoms with van der Waals surface area (Å²) in [5, 5.41) is 19.4. The van der Waals surface area contributed by atoms with Crippen LogP contribution < -0.4 is 0 Å². The van der Waals surface area contributed by atoms with Crippen molar-refractivity contribution in [2.24, 2.45) is 23.7 Å². The molecule has 2 fully saturated rings. The molecule has 2 N–H and O–H groups in total. The molecular formula is C10H14O2. The van der Waals surface area contributed by atoms with Gasteiger partial charge >= 0.3 is 0 Å². The molecule has 0 saturated heterocycles. The molecule has 3 rings (SSSR count). The SMILES string of the molecule is O[C@@H]1C[C@@H]2C=C[C@@H]3C[C@H](O)C1C32. The monoisotopic (exact) mass is 166 g/mol. The lowest BCUT2D eigenvalue weighted by Gasteiger charge is -2.17. The molecule has 0 aliphatic heterocycles. The Kier molecular flexibility index (Phi) is 1.25. The molecule has 0 radical (unpaired) electrons. The summed E-state index contributed by atoms with van der Waals surface area (Å²) in [6.45, 7) is 0. The lowest BCUT2D eigenvalue weighted by atomic mass is 9.91. The fraction of sp³-hybridized carbons (Fsp3) is 0.800. The molecule has 0 aromatic carbocycles. The van der Waals surface area contributed by atoms with Crippen LogP contribution in [0.4, 0.5) is 0 Å². The van der Waals surface area contributed by atoms with Crippen LogP contribution in [0, 0.1) is 23.7 Å². The van der Waals surface area contributed by atoms with Crippen LogP contribution in [-0.2, 0) is 0 Å². The van der Waals surface area contributed by atoms with Crippen molar-refractivity contribution in [3.05, 3.63) is 12.2 Å². The van der Waals surface area contributed by atoms with Crippen molar-refractivity contribution < 1.29 is 10.2 Å². The third kappa shape index (κ3) is 0.679. The summed E-state index contributed by atoms with van der Waals surface area (Å²) < 4.78 is 0. The summed E-state index contributed by atoms with van der Waals surface area (Å²) in [6.07, 6.45) is 5.74. The van der Waals surface area contributed by atoms with Gasteiger partial charge in [-0.3, -0.25) is 0 Å². The highest BCUT2D eigenvalue weighted by molar-refractivity contribution is 5.18. The molecule has 0 spiro atoms. The molecule has 0 bridgehead atoms. The zero-order chi connectivity index (χ0) is 8.29. The quantitative estimate of drug-likeness (QED) is 0.516. The minimum atomic E-state index is -0.245. The van der Waals surface area contributed by atoms with Gasteiger partial charge in [-0.2, -0.15) is 0 Å². The molecule has 2 nitrogen and oxygen atoms in total. The van der Waals surface area contributed by atoms with Gasteiger partial charge in [-0.05, 0) is 30.6 Å². The number of allylic oxidation sites excluding steroid dienone is 2. The van der Waals surface area contributed by atoms with Gasteiger partial charge in [0, 0.05) is 5.92 Å². The minimum absolute atomic E-state index is 0.176. The topological polar surface area (TPSA) is 40.5 Å². The van der Waals surface area contributed by atoms with Gasteiger partial charge in [-0.1, -0.05) is 12.2 Å². The second kappa shape index (κ2) is 2.12. The van der Waals surface area contributed by atoms with E-state index in [4.69, 9.17) is 0 Å². The fourth-order valence-corrected chi connectivity index (χ4v) is 3.54. The van der Waals surface area contributed by atoms with Gasteiger partial charge in [0.2, 0.25) is 0 Å². The Labute approximate surface area is 71.9 Å². The first kappa shape index (κ1) is 7.10.